The summed E-state index contributed by atoms with van der Waals surface area (Å²) in [5, 5.41) is 14.4. The molecule has 1 aliphatic carbocycles. The van der Waals surface area contributed by atoms with Gasteiger partial charge in [0.2, 0.25) is 0 Å². The third-order valence-electron chi connectivity index (χ3n) is 4.61. The smallest absolute Gasteiger partial charge is 0.283 e. The van der Waals surface area contributed by atoms with Crippen molar-refractivity contribution in [2.75, 3.05) is 0 Å². The summed E-state index contributed by atoms with van der Waals surface area (Å²) in [5.41, 5.74) is -0.213. The van der Waals surface area contributed by atoms with Gasteiger partial charge in [0.15, 0.2) is 0 Å². The Labute approximate surface area is 149 Å². The molecule has 1 saturated carbocycles. The Morgan fingerprint density at radius 1 is 1.16 bits per heavy atom. The highest BCUT2D eigenvalue weighted by molar-refractivity contribution is 6.31. The molecule has 0 bridgehead atoms. The van der Waals surface area contributed by atoms with E-state index in [9.17, 15) is 19.3 Å². The number of nitro groups is 1. The van der Waals surface area contributed by atoms with Gasteiger partial charge >= 0.3 is 0 Å². The second-order valence-electron chi connectivity index (χ2n) is 6.17. The standard InChI is InChI=1S/C18H16ClFN2O3/c19-13-5-8-15(16(11-13)22(24)25)17(23)21-18(9-1-2-10-18)12-3-6-14(20)7-4-12/h3-8,11H,1-2,9-10H2,(H,21,23). The molecule has 3 rings (SSSR count). The number of nitrogens with one attached hydrogen (secondary N) is 1. The van der Waals surface area contributed by atoms with E-state index in [2.05, 4.69) is 5.32 Å². The van der Waals surface area contributed by atoms with E-state index in [1.54, 1.807) is 12.1 Å². The fraction of sp³-hybridized carbons (Fsp3) is 0.278. The molecule has 1 amide bonds. The minimum atomic E-state index is -0.641. The van der Waals surface area contributed by atoms with Crippen LogP contribution in [0.4, 0.5) is 10.1 Å². The number of rotatable bonds is 4. The number of nitrogens with zero attached hydrogens (tertiary/aromatic N) is 1. The average Bonchev–Trinajstić information content (AvgIpc) is 3.04. The molecule has 0 spiro atoms. The summed E-state index contributed by atoms with van der Waals surface area (Å²) in [6.07, 6.45) is 3.23. The van der Waals surface area contributed by atoms with Crippen molar-refractivity contribution in [2.24, 2.45) is 0 Å². The highest BCUT2D eigenvalue weighted by Gasteiger charge is 2.38. The lowest BCUT2D eigenvalue weighted by molar-refractivity contribution is -0.385. The number of carbonyl (C=O) groups excluding carboxylic acids is 1. The van der Waals surface area contributed by atoms with Crippen LogP contribution in [0.2, 0.25) is 5.02 Å². The Morgan fingerprint density at radius 2 is 1.80 bits per heavy atom. The summed E-state index contributed by atoms with van der Waals surface area (Å²) in [7, 11) is 0. The molecule has 2 aromatic carbocycles. The maximum atomic E-state index is 13.2. The highest BCUT2D eigenvalue weighted by Crippen LogP contribution is 2.39. The van der Waals surface area contributed by atoms with Gasteiger partial charge in [-0.15, -0.1) is 0 Å². The van der Waals surface area contributed by atoms with E-state index in [1.807, 2.05) is 0 Å². The number of nitro benzene ring substituents is 1. The van der Waals surface area contributed by atoms with Crippen LogP contribution in [0.3, 0.4) is 0 Å². The number of amides is 1. The van der Waals surface area contributed by atoms with Gasteiger partial charge in [0.05, 0.1) is 10.5 Å². The van der Waals surface area contributed by atoms with Crippen LogP contribution in [0, 0.1) is 15.9 Å². The Bertz CT molecular complexity index is 818. The molecule has 1 N–H and O–H groups in total. The van der Waals surface area contributed by atoms with Crippen molar-refractivity contribution < 1.29 is 14.1 Å². The van der Waals surface area contributed by atoms with Crippen LogP contribution in [-0.2, 0) is 5.54 Å². The first-order valence-electron chi connectivity index (χ1n) is 7.94. The zero-order valence-electron chi connectivity index (χ0n) is 13.3. The molecular weight excluding hydrogens is 347 g/mol. The summed E-state index contributed by atoms with van der Waals surface area (Å²) >= 11 is 5.80. The van der Waals surface area contributed by atoms with Crippen LogP contribution in [0.25, 0.3) is 0 Å². The second-order valence-corrected chi connectivity index (χ2v) is 6.61. The van der Waals surface area contributed by atoms with Gasteiger partial charge in [-0.2, -0.15) is 0 Å². The van der Waals surface area contributed by atoms with Crippen LogP contribution in [0.1, 0.15) is 41.6 Å². The summed E-state index contributed by atoms with van der Waals surface area (Å²) in [5.74, 6) is -0.883. The number of hydrogen-bond acceptors (Lipinski definition) is 3. The van der Waals surface area contributed by atoms with Gasteiger partial charge in [0, 0.05) is 11.1 Å². The Morgan fingerprint density at radius 3 is 2.40 bits per heavy atom. The van der Waals surface area contributed by atoms with Crippen molar-refractivity contribution in [1.29, 1.82) is 0 Å². The molecule has 0 radical (unpaired) electrons. The molecule has 5 nitrogen and oxygen atoms in total. The minimum Gasteiger partial charge on any atom is -0.342 e. The molecule has 0 saturated heterocycles. The zero-order chi connectivity index (χ0) is 18.0. The number of halogens is 2. The van der Waals surface area contributed by atoms with Crippen molar-refractivity contribution in [3.63, 3.8) is 0 Å². The van der Waals surface area contributed by atoms with Gasteiger partial charge < -0.3 is 5.32 Å². The summed E-state index contributed by atoms with van der Waals surface area (Å²) in [6.45, 7) is 0. The number of hydrogen-bond donors (Lipinski definition) is 1. The summed E-state index contributed by atoms with van der Waals surface area (Å²) < 4.78 is 13.2. The molecule has 7 heteroatoms. The van der Waals surface area contributed by atoms with E-state index in [-0.39, 0.29) is 22.1 Å². The van der Waals surface area contributed by atoms with Crippen LogP contribution in [0.15, 0.2) is 42.5 Å². The SMILES string of the molecule is O=C(NC1(c2ccc(F)cc2)CCCC1)c1ccc(Cl)cc1[N+](=O)[O-]. The van der Waals surface area contributed by atoms with Crippen molar-refractivity contribution in [1.82, 2.24) is 5.32 Å². The van der Waals surface area contributed by atoms with Crippen LogP contribution in [-0.4, -0.2) is 10.8 Å². The largest absolute Gasteiger partial charge is 0.342 e. The van der Waals surface area contributed by atoms with E-state index in [4.69, 9.17) is 11.6 Å². The molecule has 1 aliphatic rings. The Kier molecular flexibility index (Phi) is 4.72. The van der Waals surface area contributed by atoms with E-state index in [1.165, 1.54) is 24.3 Å². The fourth-order valence-corrected chi connectivity index (χ4v) is 3.53. The molecule has 1 fully saturated rings. The van der Waals surface area contributed by atoms with Crippen molar-refractivity contribution in [2.45, 2.75) is 31.2 Å². The minimum absolute atomic E-state index is 0.0391. The molecular formula is C18H16ClFN2O3. The molecule has 0 unspecified atom stereocenters. The highest BCUT2D eigenvalue weighted by atomic mass is 35.5. The predicted molar refractivity (Wildman–Crippen MR) is 92.1 cm³/mol. The molecule has 0 aromatic heterocycles. The first-order valence-corrected chi connectivity index (χ1v) is 8.32. The van der Waals surface area contributed by atoms with Gasteiger partial charge in [-0.05, 0) is 42.7 Å². The van der Waals surface area contributed by atoms with Gasteiger partial charge in [-0.1, -0.05) is 36.6 Å². The summed E-state index contributed by atoms with van der Waals surface area (Å²) in [4.78, 5) is 23.4. The third kappa shape index (κ3) is 3.49. The number of benzene rings is 2. The van der Waals surface area contributed by atoms with Crippen molar-refractivity contribution in [3.8, 4) is 0 Å². The normalized spacial score (nSPS) is 15.8. The third-order valence-corrected chi connectivity index (χ3v) is 4.84. The Hall–Kier alpha value is -2.47. The van der Waals surface area contributed by atoms with Crippen molar-refractivity contribution >= 4 is 23.2 Å². The Balaban J connectivity index is 1.95. The van der Waals surface area contributed by atoms with Gasteiger partial charge in [0.25, 0.3) is 11.6 Å². The van der Waals surface area contributed by atoms with Gasteiger partial charge in [-0.25, -0.2) is 4.39 Å². The van der Waals surface area contributed by atoms with E-state index >= 15 is 0 Å². The molecule has 130 valence electrons. The maximum absolute atomic E-state index is 13.2. The second kappa shape index (κ2) is 6.80. The first-order chi connectivity index (χ1) is 11.9. The lowest BCUT2D eigenvalue weighted by atomic mass is 9.87. The first kappa shape index (κ1) is 17.4. The molecule has 0 atom stereocenters. The van der Waals surface area contributed by atoms with E-state index in [0.29, 0.717) is 12.8 Å². The summed E-state index contributed by atoms with van der Waals surface area (Å²) in [6, 6.07) is 9.97. The molecule has 2 aromatic rings. The van der Waals surface area contributed by atoms with Crippen molar-refractivity contribution in [3.05, 3.63) is 74.5 Å². The van der Waals surface area contributed by atoms with E-state index < -0.39 is 16.4 Å². The quantitative estimate of drug-likeness (QED) is 0.638. The molecule has 0 heterocycles. The monoisotopic (exact) mass is 362 g/mol. The predicted octanol–water partition coefficient (Wildman–Crippen LogP) is 4.59. The lowest BCUT2D eigenvalue weighted by Gasteiger charge is -2.31. The van der Waals surface area contributed by atoms with Crippen LogP contribution >= 0.6 is 11.6 Å². The molecule has 0 aliphatic heterocycles. The zero-order valence-corrected chi connectivity index (χ0v) is 14.1. The molecule has 25 heavy (non-hydrogen) atoms. The fourth-order valence-electron chi connectivity index (χ4n) is 3.37. The number of carbonyl (C=O) groups is 1. The lowest BCUT2D eigenvalue weighted by Crippen LogP contribution is -2.44. The van der Waals surface area contributed by atoms with Gasteiger partial charge in [0.1, 0.15) is 11.4 Å². The van der Waals surface area contributed by atoms with Gasteiger partial charge in [-0.3, -0.25) is 14.9 Å². The topological polar surface area (TPSA) is 72.2 Å². The van der Waals surface area contributed by atoms with Crippen LogP contribution < -0.4 is 5.32 Å². The average molecular weight is 363 g/mol. The maximum Gasteiger partial charge on any atom is 0.283 e. The van der Waals surface area contributed by atoms with E-state index in [0.717, 1.165) is 24.5 Å². The van der Waals surface area contributed by atoms with Crippen LogP contribution in [0.5, 0.6) is 0 Å².